The number of hydrogen-bond acceptors (Lipinski definition) is 6. The molecule has 0 fully saturated rings. The largest absolute Gasteiger partial charge is 0.307 e. The molecule has 3 rings (SSSR count). The van der Waals surface area contributed by atoms with E-state index in [2.05, 4.69) is 50.7 Å². The van der Waals surface area contributed by atoms with Gasteiger partial charge in [-0.1, -0.05) is 0 Å². The Labute approximate surface area is 139 Å². The smallest absolute Gasteiger partial charge is 0.143 e. The maximum atomic E-state index is 4.61. The molecule has 7 heteroatoms. The molecule has 23 heavy (non-hydrogen) atoms. The molecule has 3 heterocycles. The molecule has 3 aromatic rings. The third-order valence-corrected chi connectivity index (χ3v) is 4.43. The van der Waals surface area contributed by atoms with Gasteiger partial charge in [-0.3, -0.25) is 14.6 Å². The molecule has 0 aliphatic carbocycles. The van der Waals surface area contributed by atoms with Crippen molar-refractivity contribution < 1.29 is 0 Å². The highest BCUT2D eigenvalue weighted by molar-refractivity contribution is 7.13. The van der Waals surface area contributed by atoms with Gasteiger partial charge in [-0.25, -0.2) is 4.98 Å². The van der Waals surface area contributed by atoms with E-state index >= 15 is 0 Å². The Kier molecular flexibility index (Phi) is 4.78. The molecule has 0 aromatic carbocycles. The fraction of sp³-hybridized carbons (Fsp3) is 0.375. The topological polar surface area (TPSA) is 68.5 Å². The molecule has 3 aromatic heterocycles. The summed E-state index contributed by atoms with van der Waals surface area (Å²) < 4.78 is 2.04. The van der Waals surface area contributed by atoms with Gasteiger partial charge in [0.1, 0.15) is 10.7 Å². The van der Waals surface area contributed by atoms with Gasteiger partial charge in [0.25, 0.3) is 0 Å². The maximum Gasteiger partial charge on any atom is 0.143 e. The van der Waals surface area contributed by atoms with E-state index in [-0.39, 0.29) is 0 Å². The van der Waals surface area contributed by atoms with E-state index in [1.807, 2.05) is 11.6 Å². The average molecular weight is 328 g/mol. The van der Waals surface area contributed by atoms with Crippen molar-refractivity contribution in [2.24, 2.45) is 0 Å². The zero-order valence-electron chi connectivity index (χ0n) is 13.5. The van der Waals surface area contributed by atoms with Crippen molar-refractivity contribution in [2.45, 2.75) is 39.9 Å². The van der Waals surface area contributed by atoms with Crippen molar-refractivity contribution in [1.29, 1.82) is 0 Å². The molecular formula is C16H20N6S. The molecule has 0 aliphatic rings. The SMILES string of the molecule is Cc1cc(C)n(C[C@@H](C)NCc2csc(-c3cnccn3)n2)n1. The van der Waals surface area contributed by atoms with Gasteiger partial charge in [-0.05, 0) is 26.8 Å². The number of nitrogens with one attached hydrogen (secondary N) is 1. The zero-order chi connectivity index (χ0) is 16.2. The molecule has 120 valence electrons. The van der Waals surface area contributed by atoms with Crippen LogP contribution in [-0.4, -0.2) is 30.8 Å². The lowest BCUT2D eigenvalue weighted by molar-refractivity contribution is 0.442. The van der Waals surface area contributed by atoms with Crippen molar-refractivity contribution >= 4 is 11.3 Å². The van der Waals surface area contributed by atoms with Crippen molar-refractivity contribution in [3.05, 3.63) is 47.1 Å². The van der Waals surface area contributed by atoms with Crippen LogP contribution in [-0.2, 0) is 13.1 Å². The predicted octanol–water partition coefficient (Wildman–Crippen LogP) is 2.59. The number of hydrogen-bond donors (Lipinski definition) is 1. The predicted molar refractivity (Wildman–Crippen MR) is 91.1 cm³/mol. The summed E-state index contributed by atoms with van der Waals surface area (Å²) in [5.74, 6) is 0. The van der Waals surface area contributed by atoms with Crippen LogP contribution in [0, 0.1) is 13.8 Å². The standard InChI is InChI=1S/C16H20N6S/c1-11-6-13(3)22(21-11)9-12(2)19-7-14-10-23-16(20-14)15-8-17-4-5-18-15/h4-6,8,10,12,19H,7,9H2,1-3H3/t12-/m1/s1. The molecule has 0 unspecified atom stereocenters. The van der Waals surface area contributed by atoms with E-state index in [4.69, 9.17) is 0 Å². The lowest BCUT2D eigenvalue weighted by Crippen LogP contribution is -2.30. The average Bonchev–Trinajstić information content (AvgIpc) is 3.13. The molecule has 6 nitrogen and oxygen atoms in total. The molecular weight excluding hydrogens is 308 g/mol. The zero-order valence-corrected chi connectivity index (χ0v) is 14.3. The Morgan fingerprint density at radius 3 is 2.87 bits per heavy atom. The Hall–Kier alpha value is -2.12. The Bertz CT molecular complexity index is 764. The van der Waals surface area contributed by atoms with Gasteiger partial charge in [-0.15, -0.1) is 11.3 Å². The number of thiazole rings is 1. The monoisotopic (exact) mass is 328 g/mol. The first kappa shape index (κ1) is 15.8. The van der Waals surface area contributed by atoms with E-state index < -0.39 is 0 Å². The van der Waals surface area contributed by atoms with Crippen molar-refractivity contribution in [1.82, 2.24) is 30.0 Å². The molecule has 0 saturated heterocycles. The number of aromatic nitrogens is 5. The highest BCUT2D eigenvalue weighted by atomic mass is 32.1. The fourth-order valence-corrected chi connectivity index (χ4v) is 3.16. The third kappa shape index (κ3) is 4.00. The highest BCUT2D eigenvalue weighted by Gasteiger charge is 2.09. The van der Waals surface area contributed by atoms with Crippen LogP contribution < -0.4 is 5.32 Å². The number of aryl methyl sites for hydroxylation is 2. The van der Waals surface area contributed by atoms with Crippen molar-refractivity contribution in [3.63, 3.8) is 0 Å². The van der Waals surface area contributed by atoms with Crippen LogP contribution in [0.4, 0.5) is 0 Å². The van der Waals surface area contributed by atoms with Gasteiger partial charge in [0, 0.05) is 36.1 Å². The van der Waals surface area contributed by atoms with E-state index in [0.717, 1.165) is 35.2 Å². The summed E-state index contributed by atoms with van der Waals surface area (Å²) in [6.45, 7) is 7.84. The first-order chi connectivity index (χ1) is 11.1. The van der Waals surface area contributed by atoms with Crippen LogP contribution in [0.5, 0.6) is 0 Å². The van der Waals surface area contributed by atoms with E-state index in [1.54, 1.807) is 29.9 Å². The fourth-order valence-electron chi connectivity index (χ4n) is 2.38. The van der Waals surface area contributed by atoms with Gasteiger partial charge in [0.05, 0.1) is 24.1 Å². The molecule has 0 amide bonds. The first-order valence-electron chi connectivity index (χ1n) is 7.57. The van der Waals surface area contributed by atoms with Crippen LogP contribution in [0.15, 0.2) is 30.0 Å². The van der Waals surface area contributed by atoms with Crippen LogP contribution in [0.25, 0.3) is 10.7 Å². The normalized spacial score (nSPS) is 12.5. The summed E-state index contributed by atoms with van der Waals surface area (Å²) in [6, 6.07) is 2.41. The molecule has 0 radical (unpaired) electrons. The molecule has 0 bridgehead atoms. The lowest BCUT2D eigenvalue weighted by atomic mass is 10.3. The molecule has 1 atom stereocenters. The third-order valence-electron chi connectivity index (χ3n) is 3.52. The summed E-state index contributed by atoms with van der Waals surface area (Å²) in [4.78, 5) is 13.0. The molecule has 1 N–H and O–H groups in total. The molecule has 0 aliphatic heterocycles. The molecule has 0 saturated carbocycles. The van der Waals surface area contributed by atoms with Gasteiger partial charge >= 0.3 is 0 Å². The van der Waals surface area contributed by atoms with Crippen molar-refractivity contribution in [2.75, 3.05) is 0 Å². The first-order valence-corrected chi connectivity index (χ1v) is 8.45. The van der Waals surface area contributed by atoms with Crippen LogP contribution in [0.2, 0.25) is 0 Å². The summed E-state index contributed by atoms with van der Waals surface area (Å²) in [6.07, 6.45) is 5.09. The Morgan fingerprint density at radius 2 is 2.17 bits per heavy atom. The second-order valence-electron chi connectivity index (χ2n) is 5.63. The van der Waals surface area contributed by atoms with Crippen LogP contribution in [0.1, 0.15) is 24.0 Å². The Morgan fingerprint density at radius 1 is 1.30 bits per heavy atom. The van der Waals surface area contributed by atoms with Crippen LogP contribution >= 0.6 is 11.3 Å². The summed E-state index contributed by atoms with van der Waals surface area (Å²) in [5, 5.41) is 11.0. The second kappa shape index (κ2) is 6.97. The minimum Gasteiger partial charge on any atom is -0.307 e. The summed E-state index contributed by atoms with van der Waals surface area (Å²) >= 11 is 1.59. The number of nitrogens with zero attached hydrogens (tertiary/aromatic N) is 5. The van der Waals surface area contributed by atoms with Crippen LogP contribution in [0.3, 0.4) is 0 Å². The van der Waals surface area contributed by atoms with Gasteiger partial charge in [0.15, 0.2) is 0 Å². The lowest BCUT2D eigenvalue weighted by Gasteiger charge is -2.14. The quantitative estimate of drug-likeness (QED) is 0.753. The van der Waals surface area contributed by atoms with Gasteiger partial charge in [0.2, 0.25) is 0 Å². The summed E-state index contributed by atoms with van der Waals surface area (Å²) in [5.41, 5.74) is 4.09. The van der Waals surface area contributed by atoms with E-state index in [1.165, 1.54) is 5.69 Å². The molecule has 0 spiro atoms. The van der Waals surface area contributed by atoms with E-state index in [0.29, 0.717) is 6.04 Å². The second-order valence-corrected chi connectivity index (χ2v) is 6.48. The highest BCUT2D eigenvalue weighted by Crippen LogP contribution is 2.20. The van der Waals surface area contributed by atoms with Crippen molar-refractivity contribution in [3.8, 4) is 10.7 Å². The number of rotatable bonds is 6. The maximum absolute atomic E-state index is 4.61. The van der Waals surface area contributed by atoms with E-state index in [9.17, 15) is 0 Å². The van der Waals surface area contributed by atoms with Gasteiger partial charge < -0.3 is 5.32 Å². The van der Waals surface area contributed by atoms with Gasteiger partial charge in [-0.2, -0.15) is 5.10 Å². The minimum absolute atomic E-state index is 0.315. The Balaban J connectivity index is 1.56. The summed E-state index contributed by atoms with van der Waals surface area (Å²) in [7, 11) is 0. The minimum atomic E-state index is 0.315.